The minimum Gasteiger partial charge on any atom is -0.368 e. The number of nitrogens with two attached hydrogens (primary N) is 1. The molecule has 0 aliphatic heterocycles. The molecule has 0 amide bonds. The van der Waals surface area contributed by atoms with Gasteiger partial charge in [-0.15, -0.1) is 0 Å². The van der Waals surface area contributed by atoms with Crippen LogP contribution in [0, 0.1) is 0 Å². The third kappa shape index (κ3) is 3.45. The summed E-state index contributed by atoms with van der Waals surface area (Å²) in [5.41, 5.74) is 5.21. The Balaban J connectivity index is 2.26. The molecule has 0 fully saturated rings. The molecule has 8 heteroatoms. The Kier molecular flexibility index (Phi) is 3.89. The lowest BCUT2D eigenvalue weighted by Gasteiger charge is -2.07. The van der Waals surface area contributed by atoms with Gasteiger partial charge in [0.2, 0.25) is 5.95 Å². The van der Waals surface area contributed by atoms with Crippen LogP contribution in [0.4, 0.5) is 19.1 Å². The number of nitrogen functional groups attached to an aromatic ring is 1. The van der Waals surface area contributed by atoms with Crippen LogP contribution in [-0.4, -0.2) is 15.0 Å². The van der Waals surface area contributed by atoms with Gasteiger partial charge in [0.05, 0.1) is 22.0 Å². The van der Waals surface area contributed by atoms with Crippen molar-refractivity contribution in [3.05, 3.63) is 46.5 Å². The van der Waals surface area contributed by atoms with Crippen LogP contribution < -0.4 is 5.73 Å². The normalized spacial score (nSPS) is 12.0. The van der Waals surface area contributed by atoms with E-state index in [4.69, 9.17) is 17.3 Å². The standard InChI is InChI=1S/C12H8ClF3N4/c13-9-5-7(12(14,15)16)6-19-10(9)2-1-8-3-4-18-11(17)20-8/h1-6H,(H2,17,18,20)/b2-1+. The van der Waals surface area contributed by atoms with Crippen molar-refractivity contribution in [2.45, 2.75) is 6.18 Å². The Bertz CT molecular complexity index is 655. The van der Waals surface area contributed by atoms with Crippen molar-refractivity contribution in [2.24, 2.45) is 0 Å². The second-order valence-corrected chi connectivity index (χ2v) is 4.17. The van der Waals surface area contributed by atoms with Crippen molar-refractivity contribution in [3.63, 3.8) is 0 Å². The number of nitrogens with zero attached hydrogens (tertiary/aromatic N) is 3. The largest absolute Gasteiger partial charge is 0.417 e. The molecule has 2 heterocycles. The summed E-state index contributed by atoms with van der Waals surface area (Å²) < 4.78 is 37.3. The van der Waals surface area contributed by atoms with E-state index >= 15 is 0 Å². The van der Waals surface area contributed by atoms with E-state index < -0.39 is 11.7 Å². The van der Waals surface area contributed by atoms with Gasteiger partial charge in [-0.05, 0) is 24.3 Å². The van der Waals surface area contributed by atoms with Crippen molar-refractivity contribution >= 4 is 29.7 Å². The number of anilines is 1. The van der Waals surface area contributed by atoms with Crippen molar-refractivity contribution in [3.8, 4) is 0 Å². The lowest BCUT2D eigenvalue weighted by Crippen LogP contribution is -2.05. The number of halogens is 4. The first-order valence-electron chi connectivity index (χ1n) is 5.35. The highest BCUT2D eigenvalue weighted by molar-refractivity contribution is 6.32. The first-order chi connectivity index (χ1) is 9.36. The molecule has 0 saturated carbocycles. The summed E-state index contributed by atoms with van der Waals surface area (Å²) in [6, 6.07) is 2.41. The monoisotopic (exact) mass is 300 g/mol. The van der Waals surface area contributed by atoms with Crippen LogP contribution in [0.1, 0.15) is 17.0 Å². The molecule has 0 aliphatic rings. The van der Waals surface area contributed by atoms with E-state index in [9.17, 15) is 13.2 Å². The SMILES string of the molecule is Nc1nccc(/C=C/c2ncc(C(F)(F)F)cc2Cl)n1. The summed E-state index contributed by atoms with van der Waals surface area (Å²) in [5.74, 6) is 0.0959. The van der Waals surface area contributed by atoms with Gasteiger partial charge in [-0.2, -0.15) is 13.2 Å². The number of hydrogen-bond donors (Lipinski definition) is 1. The summed E-state index contributed by atoms with van der Waals surface area (Å²) in [6.45, 7) is 0. The first-order valence-corrected chi connectivity index (χ1v) is 5.73. The minimum atomic E-state index is -4.47. The fourth-order valence-corrected chi connectivity index (χ4v) is 1.60. The maximum Gasteiger partial charge on any atom is 0.417 e. The van der Waals surface area contributed by atoms with E-state index in [1.165, 1.54) is 18.3 Å². The fraction of sp³-hybridized carbons (Fsp3) is 0.0833. The molecular weight excluding hydrogens is 293 g/mol. The van der Waals surface area contributed by atoms with Crippen LogP contribution in [0.2, 0.25) is 5.02 Å². The molecule has 0 spiro atoms. The average Bonchev–Trinajstić information content (AvgIpc) is 2.36. The molecule has 20 heavy (non-hydrogen) atoms. The molecule has 104 valence electrons. The van der Waals surface area contributed by atoms with E-state index in [0.717, 1.165) is 12.3 Å². The van der Waals surface area contributed by atoms with E-state index in [0.29, 0.717) is 5.69 Å². The predicted molar refractivity (Wildman–Crippen MR) is 69.6 cm³/mol. The Morgan fingerprint density at radius 1 is 1.20 bits per heavy atom. The summed E-state index contributed by atoms with van der Waals surface area (Å²) in [4.78, 5) is 11.3. The topological polar surface area (TPSA) is 64.7 Å². The van der Waals surface area contributed by atoms with Crippen molar-refractivity contribution in [2.75, 3.05) is 5.73 Å². The molecule has 0 saturated heterocycles. The van der Waals surface area contributed by atoms with Crippen molar-refractivity contribution in [1.29, 1.82) is 0 Å². The first kappa shape index (κ1) is 14.3. The molecule has 2 N–H and O–H groups in total. The second kappa shape index (κ2) is 5.46. The lowest BCUT2D eigenvalue weighted by molar-refractivity contribution is -0.137. The lowest BCUT2D eigenvalue weighted by atomic mass is 10.2. The highest BCUT2D eigenvalue weighted by Crippen LogP contribution is 2.31. The van der Waals surface area contributed by atoms with Gasteiger partial charge in [0.25, 0.3) is 0 Å². The van der Waals surface area contributed by atoms with Crippen LogP contribution >= 0.6 is 11.6 Å². The highest BCUT2D eigenvalue weighted by Gasteiger charge is 2.31. The average molecular weight is 301 g/mol. The van der Waals surface area contributed by atoms with Gasteiger partial charge in [-0.3, -0.25) is 4.98 Å². The highest BCUT2D eigenvalue weighted by atomic mass is 35.5. The molecule has 4 nitrogen and oxygen atoms in total. The minimum absolute atomic E-state index is 0.0959. The number of rotatable bonds is 2. The van der Waals surface area contributed by atoms with Gasteiger partial charge in [0.1, 0.15) is 0 Å². The molecule has 0 bridgehead atoms. The fourth-order valence-electron chi connectivity index (χ4n) is 1.37. The zero-order valence-electron chi connectivity index (χ0n) is 9.89. The number of pyridine rings is 1. The smallest absolute Gasteiger partial charge is 0.368 e. The van der Waals surface area contributed by atoms with Gasteiger partial charge in [0.15, 0.2) is 0 Å². The Labute approximate surface area is 117 Å². The number of alkyl halides is 3. The van der Waals surface area contributed by atoms with Crippen molar-refractivity contribution < 1.29 is 13.2 Å². The maximum atomic E-state index is 12.4. The van der Waals surface area contributed by atoms with Crippen LogP contribution in [0.5, 0.6) is 0 Å². The summed E-state index contributed by atoms with van der Waals surface area (Å²) in [5, 5.41) is -0.0990. The third-order valence-electron chi connectivity index (χ3n) is 2.30. The zero-order chi connectivity index (χ0) is 14.8. The second-order valence-electron chi connectivity index (χ2n) is 3.76. The number of hydrogen-bond acceptors (Lipinski definition) is 4. The molecular formula is C12H8ClF3N4. The summed E-state index contributed by atoms with van der Waals surface area (Å²) in [7, 11) is 0. The Morgan fingerprint density at radius 2 is 1.95 bits per heavy atom. The molecule has 0 aliphatic carbocycles. The van der Waals surface area contributed by atoms with Crippen LogP contribution in [0.15, 0.2) is 24.5 Å². The van der Waals surface area contributed by atoms with Crippen LogP contribution in [-0.2, 0) is 6.18 Å². The maximum absolute atomic E-state index is 12.4. The molecule has 0 atom stereocenters. The molecule has 0 aromatic carbocycles. The van der Waals surface area contributed by atoms with E-state index in [1.807, 2.05) is 0 Å². The van der Waals surface area contributed by atoms with Crippen LogP contribution in [0.25, 0.3) is 12.2 Å². The van der Waals surface area contributed by atoms with Gasteiger partial charge >= 0.3 is 6.18 Å². The zero-order valence-corrected chi connectivity index (χ0v) is 10.7. The Hall–Kier alpha value is -2.15. The number of aromatic nitrogens is 3. The Morgan fingerprint density at radius 3 is 2.55 bits per heavy atom. The van der Waals surface area contributed by atoms with Gasteiger partial charge < -0.3 is 5.73 Å². The third-order valence-corrected chi connectivity index (χ3v) is 2.61. The summed E-state index contributed by atoms with van der Waals surface area (Å²) in [6.07, 6.45) is 0.688. The van der Waals surface area contributed by atoms with Gasteiger partial charge in [-0.1, -0.05) is 11.6 Å². The molecule has 0 unspecified atom stereocenters. The molecule has 2 aromatic rings. The quantitative estimate of drug-likeness (QED) is 0.924. The predicted octanol–water partition coefficient (Wildman–Crippen LogP) is 3.30. The van der Waals surface area contributed by atoms with Gasteiger partial charge in [-0.25, -0.2) is 9.97 Å². The molecule has 2 rings (SSSR count). The van der Waals surface area contributed by atoms with Crippen LogP contribution in [0.3, 0.4) is 0 Å². The van der Waals surface area contributed by atoms with Gasteiger partial charge in [0, 0.05) is 12.4 Å². The summed E-state index contributed by atoms with van der Waals surface area (Å²) >= 11 is 5.76. The van der Waals surface area contributed by atoms with E-state index in [1.54, 1.807) is 6.07 Å². The molecule has 2 aromatic heterocycles. The van der Waals surface area contributed by atoms with Crippen molar-refractivity contribution in [1.82, 2.24) is 15.0 Å². The van der Waals surface area contributed by atoms with E-state index in [-0.39, 0.29) is 16.7 Å². The molecule has 0 radical (unpaired) electrons. The van der Waals surface area contributed by atoms with E-state index in [2.05, 4.69) is 15.0 Å².